The fraction of sp³-hybridized carbons (Fsp3) is 1.00. The molecule has 92 valence electrons. The van der Waals surface area contributed by atoms with Gasteiger partial charge in [-0.3, -0.25) is 0 Å². The quantitative estimate of drug-likeness (QED) is 0.347. The van der Waals surface area contributed by atoms with Crippen LogP contribution < -0.4 is 0 Å². The molecule has 0 aromatic rings. The van der Waals surface area contributed by atoms with Crippen molar-refractivity contribution in [1.82, 2.24) is 0 Å². The normalized spacial score (nSPS) is 13.0. The number of rotatable bonds is 11. The van der Waals surface area contributed by atoms with Gasteiger partial charge < -0.3 is 0 Å². The van der Waals surface area contributed by atoms with E-state index >= 15 is 0 Å². The third-order valence-corrected chi connectivity index (χ3v) is 5.30. The first-order valence-corrected chi connectivity index (χ1v) is 9.54. The summed E-state index contributed by atoms with van der Waals surface area (Å²) in [5.41, 5.74) is 0. The van der Waals surface area contributed by atoms with E-state index in [0.717, 1.165) is 19.8 Å². The molecule has 0 saturated carbocycles. The van der Waals surface area contributed by atoms with Crippen molar-refractivity contribution in [3.05, 3.63) is 0 Å². The van der Waals surface area contributed by atoms with Gasteiger partial charge in [0.15, 0.2) is 0 Å². The van der Waals surface area contributed by atoms with E-state index in [-0.39, 0.29) is 0 Å². The molecule has 0 amide bonds. The zero-order valence-corrected chi connectivity index (χ0v) is 12.8. The van der Waals surface area contributed by atoms with E-state index in [9.17, 15) is 0 Å². The summed E-state index contributed by atoms with van der Waals surface area (Å²) in [5, 5.41) is 0. The Bertz CT molecular complexity index is 112. The maximum atomic E-state index is 2.41. The first-order valence-electron chi connectivity index (χ1n) is 6.84. The molecule has 0 rings (SSSR count). The molecule has 0 aliphatic heterocycles. The average molecular weight is 277 g/mol. The van der Waals surface area contributed by atoms with Crippen molar-refractivity contribution in [3.8, 4) is 0 Å². The van der Waals surface area contributed by atoms with Crippen molar-refractivity contribution >= 4 is 15.0 Å². The summed E-state index contributed by atoms with van der Waals surface area (Å²) in [7, 11) is 0. The third-order valence-electron chi connectivity index (χ3n) is 3.12. The molecular weight excluding hydrogens is 247 g/mol. The van der Waals surface area contributed by atoms with Gasteiger partial charge in [0.1, 0.15) is 0 Å². The molecule has 0 fully saturated rings. The van der Waals surface area contributed by atoms with Gasteiger partial charge >= 0.3 is 104 Å². The zero-order chi connectivity index (χ0) is 11.4. The van der Waals surface area contributed by atoms with Crippen LogP contribution in [0.5, 0.6) is 0 Å². The Labute approximate surface area is 104 Å². The first kappa shape index (κ1) is 15.5. The van der Waals surface area contributed by atoms with E-state index in [0.29, 0.717) is 0 Å². The number of hydrogen-bond donors (Lipinski definition) is 0. The summed E-state index contributed by atoms with van der Waals surface area (Å²) >= 11 is 0.875. The van der Waals surface area contributed by atoms with Gasteiger partial charge in [0.2, 0.25) is 0 Å². The summed E-state index contributed by atoms with van der Waals surface area (Å²) in [4.78, 5) is 1.02. The Kier molecular flexibility index (Phi) is 13.0. The van der Waals surface area contributed by atoms with E-state index in [4.69, 9.17) is 0 Å². The molecule has 0 heterocycles. The van der Waals surface area contributed by atoms with Crippen LogP contribution >= 0.6 is 0 Å². The Morgan fingerprint density at radius 3 is 1.73 bits per heavy atom. The van der Waals surface area contributed by atoms with E-state index in [1.807, 2.05) is 0 Å². The number of unbranched alkanes of at least 4 members (excludes halogenated alkanes) is 8. The van der Waals surface area contributed by atoms with Crippen LogP contribution in [0.4, 0.5) is 0 Å². The SMILES string of the molecule is CCCCCCCCCCCC(C)[Se]C. The minimum absolute atomic E-state index is 0.875. The number of hydrogen-bond acceptors (Lipinski definition) is 0. The van der Waals surface area contributed by atoms with Crippen molar-refractivity contribution in [3.63, 3.8) is 0 Å². The second kappa shape index (κ2) is 12.6. The fourth-order valence-corrected chi connectivity index (χ4v) is 2.70. The van der Waals surface area contributed by atoms with Gasteiger partial charge in [-0.25, -0.2) is 0 Å². The molecule has 0 radical (unpaired) electrons. The molecular formula is C14H30Se. The Balaban J connectivity index is 2.92. The van der Waals surface area contributed by atoms with E-state index in [1.165, 1.54) is 64.2 Å². The predicted octanol–water partition coefficient (Wildman–Crippen LogP) is 5.47. The molecule has 0 aliphatic rings. The third kappa shape index (κ3) is 12.5. The Hall–Kier alpha value is 0.519. The molecule has 1 unspecified atom stereocenters. The second-order valence-electron chi connectivity index (χ2n) is 4.66. The maximum absolute atomic E-state index is 2.41. The molecule has 0 spiro atoms. The van der Waals surface area contributed by atoms with Crippen LogP contribution in [0.25, 0.3) is 0 Å². The summed E-state index contributed by atoms with van der Waals surface area (Å²) in [5.74, 6) is 2.37. The van der Waals surface area contributed by atoms with Gasteiger partial charge in [0, 0.05) is 0 Å². The molecule has 0 aliphatic carbocycles. The summed E-state index contributed by atoms with van der Waals surface area (Å²) < 4.78 is 0. The first-order chi connectivity index (χ1) is 7.31. The molecule has 0 bridgehead atoms. The van der Waals surface area contributed by atoms with Crippen molar-refractivity contribution in [2.24, 2.45) is 0 Å². The van der Waals surface area contributed by atoms with Gasteiger partial charge in [0.05, 0.1) is 0 Å². The monoisotopic (exact) mass is 278 g/mol. The van der Waals surface area contributed by atoms with Crippen LogP contribution in [0.3, 0.4) is 0 Å². The van der Waals surface area contributed by atoms with Gasteiger partial charge in [-0.1, -0.05) is 0 Å². The van der Waals surface area contributed by atoms with Crippen LogP contribution in [0.2, 0.25) is 10.6 Å². The van der Waals surface area contributed by atoms with Gasteiger partial charge in [-0.05, 0) is 0 Å². The molecule has 0 aromatic heterocycles. The van der Waals surface area contributed by atoms with E-state index < -0.39 is 0 Å². The molecule has 1 atom stereocenters. The van der Waals surface area contributed by atoms with Crippen LogP contribution in [0.15, 0.2) is 0 Å². The zero-order valence-electron chi connectivity index (χ0n) is 11.1. The predicted molar refractivity (Wildman–Crippen MR) is 72.9 cm³/mol. The summed E-state index contributed by atoms with van der Waals surface area (Å²) in [6.45, 7) is 4.70. The van der Waals surface area contributed by atoms with Crippen molar-refractivity contribution in [1.29, 1.82) is 0 Å². The van der Waals surface area contributed by atoms with Gasteiger partial charge in [0.25, 0.3) is 0 Å². The van der Waals surface area contributed by atoms with Gasteiger partial charge in [-0.2, -0.15) is 0 Å². The summed E-state index contributed by atoms with van der Waals surface area (Å²) in [6.07, 6.45) is 14.6. The Morgan fingerprint density at radius 1 is 0.800 bits per heavy atom. The Morgan fingerprint density at radius 2 is 1.27 bits per heavy atom. The molecule has 0 aromatic carbocycles. The van der Waals surface area contributed by atoms with Crippen LogP contribution in [0.1, 0.15) is 78.1 Å². The fourth-order valence-electron chi connectivity index (χ4n) is 1.86. The van der Waals surface area contributed by atoms with Crippen LogP contribution in [-0.4, -0.2) is 15.0 Å². The topological polar surface area (TPSA) is 0 Å². The molecule has 0 nitrogen and oxygen atoms in total. The van der Waals surface area contributed by atoms with Crippen LogP contribution in [-0.2, 0) is 0 Å². The van der Waals surface area contributed by atoms with Crippen molar-refractivity contribution < 1.29 is 0 Å². The summed E-state index contributed by atoms with van der Waals surface area (Å²) in [6, 6.07) is 0. The standard InChI is InChI=1S/C14H30Se/c1-4-5-6-7-8-9-10-11-12-13-14(2)15-3/h14H,4-13H2,1-3H3. The average Bonchev–Trinajstić information content (AvgIpc) is 2.26. The molecule has 15 heavy (non-hydrogen) atoms. The minimum atomic E-state index is 0.875. The van der Waals surface area contributed by atoms with E-state index in [2.05, 4.69) is 19.7 Å². The van der Waals surface area contributed by atoms with Crippen molar-refractivity contribution in [2.45, 2.75) is 88.7 Å². The molecule has 0 N–H and O–H groups in total. The second-order valence-corrected chi connectivity index (χ2v) is 7.34. The molecule has 1 heteroatoms. The molecule has 0 saturated heterocycles. The van der Waals surface area contributed by atoms with Crippen molar-refractivity contribution in [2.75, 3.05) is 0 Å². The van der Waals surface area contributed by atoms with E-state index in [1.54, 1.807) is 0 Å². The van der Waals surface area contributed by atoms with Gasteiger partial charge in [-0.15, -0.1) is 0 Å². The van der Waals surface area contributed by atoms with Crippen LogP contribution in [0, 0.1) is 0 Å².